The lowest BCUT2D eigenvalue weighted by Crippen LogP contribution is -2.69. The summed E-state index contributed by atoms with van der Waals surface area (Å²) in [6.07, 6.45) is 4.62. The maximum atomic E-state index is 12.9. The molecule has 2 aromatic heterocycles. The summed E-state index contributed by atoms with van der Waals surface area (Å²) < 4.78 is 6.17. The molecule has 0 aliphatic carbocycles. The molecular formula is C23H30N4O3. The summed E-state index contributed by atoms with van der Waals surface area (Å²) >= 11 is 0. The zero-order valence-electron chi connectivity index (χ0n) is 17.9. The fourth-order valence-corrected chi connectivity index (χ4v) is 4.67. The molecule has 7 nitrogen and oxygen atoms in total. The number of aromatic nitrogens is 2. The minimum Gasteiger partial charge on any atom is -0.388 e. The van der Waals surface area contributed by atoms with Crippen LogP contribution in [-0.4, -0.2) is 57.9 Å². The highest BCUT2D eigenvalue weighted by Crippen LogP contribution is 2.40. The molecule has 0 unspecified atom stereocenters. The third-order valence-corrected chi connectivity index (χ3v) is 6.60. The molecule has 1 spiro atoms. The van der Waals surface area contributed by atoms with Crippen LogP contribution in [0.2, 0.25) is 0 Å². The second-order valence-corrected chi connectivity index (χ2v) is 8.75. The number of aliphatic hydroxyl groups is 1. The van der Waals surface area contributed by atoms with E-state index in [2.05, 4.69) is 33.2 Å². The lowest BCUT2D eigenvalue weighted by atomic mass is 9.73. The van der Waals surface area contributed by atoms with Crippen LogP contribution in [0.25, 0.3) is 0 Å². The molecule has 7 heteroatoms. The van der Waals surface area contributed by atoms with Gasteiger partial charge < -0.3 is 20.1 Å². The van der Waals surface area contributed by atoms with Crippen molar-refractivity contribution in [2.24, 2.45) is 0 Å². The van der Waals surface area contributed by atoms with Crippen molar-refractivity contribution in [1.82, 2.24) is 15.3 Å². The number of nitrogens with one attached hydrogen (secondary N) is 1. The highest BCUT2D eigenvalue weighted by atomic mass is 16.5. The van der Waals surface area contributed by atoms with Crippen molar-refractivity contribution in [2.75, 3.05) is 24.6 Å². The van der Waals surface area contributed by atoms with E-state index in [1.54, 1.807) is 18.3 Å². The van der Waals surface area contributed by atoms with E-state index < -0.39 is 17.2 Å². The number of piperidine rings is 1. The highest BCUT2D eigenvalue weighted by Gasteiger charge is 2.54. The Kier molecular flexibility index (Phi) is 5.51. The standard InChI is InChI=1S/C23H30N4O3/c1-16-6-11-25-19(15-16)27-12-7-23(8-13-27)21(29)22(3,9-14-30-23)26-20(28)18-5-4-10-24-17(18)2/h4-6,10-11,15,21,29H,7-9,12-14H2,1-3H3,(H,26,28)/t21-,22+/m0/s1. The van der Waals surface area contributed by atoms with Gasteiger partial charge in [-0.2, -0.15) is 0 Å². The zero-order valence-corrected chi connectivity index (χ0v) is 17.9. The number of rotatable bonds is 3. The Hall–Kier alpha value is -2.51. The molecule has 2 fully saturated rings. The van der Waals surface area contributed by atoms with E-state index in [4.69, 9.17) is 4.74 Å². The molecule has 4 rings (SSSR count). The Balaban J connectivity index is 1.48. The van der Waals surface area contributed by atoms with E-state index in [-0.39, 0.29) is 5.91 Å². The molecule has 0 radical (unpaired) electrons. The number of nitrogens with zero attached hydrogens (tertiary/aromatic N) is 3. The van der Waals surface area contributed by atoms with Gasteiger partial charge in [-0.25, -0.2) is 4.98 Å². The van der Waals surface area contributed by atoms with Gasteiger partial charge in [-0.1, -0.05) is 0 Å². The number of carbonyl (C=O) groups is 1. The molecule has 2 aliphatic heterocycles. The van der Waals surface area contributed by atoms with Gasteiger partial charge in [0.05, 0.1) is 16.7 Å². The molecule has 4 heterocycles. The van der Waals surface area contributed by atoms with Crippen LogP contribution >= 0.6 is 0 Å². The van der Waals surface area contributed by atoms with E-state index >= 15 is 0 Å². The summed E-state index contributed by atoms with van der Waals surface area (Å²) in [6, 6.07) is 7.58. The summed E-state index contributed by atoms with van der Waals surface area (Å²) in [7, 11) is 0. The number of pyridine rings is 2. The molecule has 0 bridgehead atoms. The maximum Gasteiger partial charge on any atom is 0.253 e. The first-order valence-electron chi connectivity index (χ1n) is 10.6. The van der Waals surface area contributed by atoms with Crippen molar-refractivity contribution < 1.29 is 14.6 Å². The molecule has 0 saturated carbocycles. The number of carbonyl (C=O) groups excluding carboxylic acids is 1. The first-order chi connectivity index (χ1) is 14.3. The normalized spacial score (nSPS) is 25.9. The predicted molar refractivity (Wildman–Crippen MR) is 115 cm³/mol. The molecule has 30 heavy (non-hydrogen) atoms. The van der Waals surface area contributed by atoms with Gasteiger partial charge in [0.1, 0.15) is 11.9 Å². The van der Waals surface area contributed by atoms with Crippen molar-refractivity contribution in [1.29, 1.82) is 0 Å². The lowest BCUT2D eigenvalue weighted by molar-refractivity contribution is -0.195. The minimum absolute atomic E-state index is 0.208. The van der Waals surface area contributed by atoms with Gasteiger partial charge in [-0.05, 0) is 69.9 Å². The predicted octanol–water partition coefficient (Wildman–Crippen LogP) is 2.40. The topological polar surface area (TPSA) is 87.6 Å². The summed E-state index contributed by atoms with van der Waals surface area (Å²) in [6.45, 7) is 7.79. The van der Waals surface area contributed by atoms with Crippen LogP contribution in [0.15, 0.2) is 36.7 Å². The van der Waals surface area contributed by atoms with Gasteiger partial charge in [0, 0.05) is 37.8 Å². The van der Waals surface area contributed by atoms with Crippen molar-refractivity contribution in [3.8, 4) is 0 Å². The fourth-order valence-electron chi connectivity index (χ4n) is 4.67. The average Bonchev–Trinajstić information content (AvgIpc) is 2.73. The van der Waals surface area contributed by atoms with Crippen molar-refractivity contribution >= 4 is 11.7 Å². The van der Waals surface area contributed by atoms with Crippen LogP contribution in [0.5, 0.6) is 0 Å². The monoisotopic (exact) mass is 410 g/mol. The number of ether oxygens (including phenoxy) is 1. The Labute approximate surface area is 177 Å². The van der Waals surface area contributed by atoms with Crippen molar-refractivity contribution in [2.45, 2.75) is 57.3 Å². The molecule has 160 valence electrons. The molecule has 0 aromatic carbocycles. The van der Waals surface area contributed by atoms with Crippen LogP contribution in [0, 0.1) is 13.8 Å². The second-order valence-electron chi connectivity index (χ2n) is 8.75. The smallest absolute Gasteiger partial charge is 0.253 e. The molecule has 2 saturated heterocycles. The summed E-state index contributed by atoms with van der Waals surface area (Å²) in [5, 5.41) is 14.5. The van der Waals surface area contributed by atoms with Gasteiger partial charge >= 0.3 is 0 Å². The summed E-state index contributed by atoms with van der Waals surface area (Å²) in [5.41, 5.74) is 0.960. The number of aliphatic hydroxyl groups excluding tert-OH is 1. The third kappa shape index (κ3) is 3.79. The maximum absolute atomic E-state index is 12.9. The van der Waals surface area contributed by atoms with Crippen molar-refractivity contribution in [3.05, 3.63) is 53.5 Å². The summed E-state index contributed by atoms with van der Waals surface area (Å²) in [4.78, 5) is 23.8. The van der Waals surface area contributed by atoms with Crippen LogP contribution in [0.4, 0.5) is 5.82 Å². The fraction of sp³-hybridized carbons (Fsp3) is 0.522. The van der Waals surface area contributed by atoms with E-state index in [0.29, 0.717) is 37.1 Å². The molecule has 1 amide bonds. The van der Waals surface area contributed by atoms with Crippen molar-refractivity contribution in [3.63, 3.8) is 0 Å². The van der Waals surface area contributed by atoms with Gasteiger partial charge in [-0.15, -0.1) is 0 Å². The number of amides is 1. The molecule has 2 aromatic rings. The van der Waals surface area contributed by atoms with Crippen LogP contribution in [-0.2, 0) is 4.74 Å². The highest BCUT2D eigenvalue weighted by molar-refractivity contribution is 5.95. The second kappa shape index (κ2) is 7.96. The Morgan fingerprint density at radius 1 is 1.20 bits per heavy atom. The molecular weight excluding hydrogens is 380 g/mol. The van der Waals surface area contributed by atoms with Crippen LogP contribution < -0.4 is 10.2 Å². The Morgan fingerprint density at radius 2 is 1.97 bits per heavy atom. The van der Waals surface area contributed by atoms with E-state index in [0.717, 1.165) is 18.9 Å². The average molecular weight is 411 g/mol. The minimum atomic E-state index is -0.799. The zero-order chi connectivity index (χ0) is 21.4. The number of anilines is 1. The lowest BCUT2D eigenvalue weighted by Gasteiger charge is -2.53. The summed E-state index contributed by atoms with van der Waals surface area (Å²) in [5.74, 6) is 0.749. The van der Waals surface area contributed by atoms with E-state index in [9.17, 15) is 9.90 Å². The SMILES string of the molecule is Cc1ccnc(N2CCC3(CC2)OCC[C@@](C)(NC(=O)c2cccnc2C)[C@@H]3O)c1. The first kappa shape index (κ1) is 20.8. The molecule has 2 N–H and O–H groups in total. The van der Waals surface area contributed by atoms with E-state index in [1.165, 1.54) is 5.56 Å². The quantitative estimate of drug-likeness (QED) is 0.808. The largest absolute Gasteiger partial charge is 0.388 e. The van der Waals surface area contributed by atoms with Gasteiger partial charge in [0.25, 0.3) is 5.91 Å². The number of aryl methyl sites for hydroxylation is 2. The number of hydrogen-bond acceptors (Lipinski definition) is 6. The molecule has 2 aliphatic rings. The van der Waals surface area contributed by atoms with Gasteiger partial charge in [-0.3, -0.25) is 9.78 Å². The van der Waals surface area contributed by atoms with Crippen LogP contribution in [0.1, 0.15) is 47.8 Å². The van der Waals surface area contributed by atoms with E-state index in [1.807, 2.05) is 26.1 Å². The Morgan fingerprint density at radius 3 is 2.67 bits per heavy atom. The van der Waals surface area contributed by atoms with Gasteiger partial charge in [0.15, 0.2) is 0 Å². The van der Waals surface area contributed by atoms with Crippen LogP contribution in [0.3, 0.4) is 0 Å². The molecule has 2 atom stereocenters. The Bertz CT molecular complexity index is 926. The van der Waals surface area contributed by atoms with Gasteiger partial charge in [0.2, 0.25) is 0 Å². The third-order valence-electron chi connectivity index (χ3n) is 6.60. The first-order valence-corrected chi connectivity index (χ1v) is 10.6. The number of hydrogen-bond donors (Lipinski definition) is 2.